The molecule has 0 saturated heterocycles. The van der Waals surface area contributed by atoms with Gasteiger partial charge in [0.2, 0.25) is 0 Å². The summed E-state index contributed by atoms with van der Waals surface area (Å²) >= 11 is 0. The predicted molar refractivity (Wildman–Crippen MR) is 70.1 cm³/mol. The molecular weight excluding hydrogens is 229 g/mol. The molecule has 0 aliphatic heterocycles. The molecule has 1 aromatic heterocycles. The number of aromatic nitrogens is 1. The van der Waals surface area contributed by atoms with Crippen LogP contribution in [0, 0.1) is 5.82 Å². The van der Waals surface area contributed by atoms with Crippen molar-refractivity contribution in [3.05, 3.63) is 41.3 Å². The number of hydrogen-bond acceptors (Lipinski definition) is 2. The van der Waals surface area contributed by atoms with Crippen LogP contribution in [0.5, 0.6) is 0 Å². The Balaban J connectivity index is 2.49. The van der Waals surface area contributed by atoms with Crippen LogP contribution < -0.4 is 0 Å². The summed E-state index contributed by atoms with van der Waals surface area (Å²) in [5.41, 5.74) is 2.79. The molecule has 0 aliphatic carbocycles. The van der Waals surface area contributed by atoms with Crippen LogP contribution in [0.25, 0.3) is 11.3 Å². The van der Waals surface area contributed by atoms with E-state index >= 15 is 0 Å². The number of halogens is 1. The molecule has 0 aliphatic rings. The Morgan fingerprint density at radius 1 is 1.06 bits per heavy atom. The van der Waals surface area contributed by atoms with Gasteiger partial charge in [0.05, 0.1) is 5.69 Å². The normalized spacial score (nSPS) is 11.5. The van der Waals surface area contributed by atoms with Crippen molar-refractivity contribution >= 4 is 0 Å². The van der Waals surface area contributed by atoms with Gasteiger partial charge >= 0.3 is 0 Å². The van der Waals surface area contributed by atoms with E-state index in [0.29, 0.717) is 11.7 Å². The number of benzene rings is 1. The fourth-order valence-electron chi connectivity index (χ4n) is 1.92. The standard InChI is InChI=1S/C15H18FNO/c1-9(2)13-7-11(16)5-6-12(13)15-8-14(10(3)4)17-18-15/h5-10H,1-4H3. The van der Waals surface area contributed by atoms with Crippen molar-refractivity contribution < 1.29 is 8.91 Å². The summed E-state index contributed by atoms with van der Waals surface area (Å²) in [6.45, 7) is 8.21. The molecule has 0 saturated carbocycles. The second-order valence-corrected chi connectivity index (χ2v) is 5.16. The molecule has 0 N–H and O–H groups in total. The van der Waals surface area contributed by atoms with Crippen molar-refractivity contribution in [1.29, 1.82) is 0 Å². The third-order valence-corrected chi connectivity index (χ3v) is 3.02. The molecular formula is C15H18FNO. The van der Waals surface area contributed by atoms with Crippen molar-refractivity contribution in [2.24, 2.45) is 0 Å². The molecule has 2 rings (SSSR count). The molecule has 96 valence electrons. The Bertz CT molecular complexity index is 543. The topological polar surface area (TPSA) is 26.0 Å². The van der Waals surface area contributed by atoms with E-state index in [2.05, 4.69) is 19.0 Å². The highest BCUT2D eigenvalue weighted by Crippen LogP contribution is 2.31. The highest BCUT2D eigenvalue weighted by molar-refractivity contribution is 5.63. The molecule has 0 amide bonds. The number of hydrogen-bond donors (Lipinski definition) is 0. The van der Waals surface area contributed by atoms with Gasteiger partial charge in [0.25, 0.3) is 0 Å². The number of nitrogens with zero attached hydrogens (tertiary/aromatic N) is 1. The molecule has 0 spiro atoms. The zero-order valence-electron chi connectivity index (χ0n) is 11.2. The largest absolute Gasteiger partial charge is 0.356 e. The lowest BCUT2D eigenvalue weighted by atomic mass is 9.95. The first kappa shape index (κ1) is 12.8. The van der Waals surface area contributed by atoms with Gasteiger partial charge in [-0.15, -0.1) is 0 Å². The quantitative estimate of drug-likeness (QED) is 0.783. The number of rotatable bonds is 3. The minimum Gasteiger partial charge on any atom is -0.356 e. The van der Waals surface area contributed by atoms with Crippen molar-refractivity contribution in [2.45, 2.75) is 39.5 Å². The summed E-state index contributed by atoms with van der Waals surface area (Å²) in [7, 11) is 0. The van der Waals surface area contributed by atoms with E-state index in [-0.39, 0.29) is 11.7 Å². The van der Waals surface area contributed by atoms with Crippen LogP contribution in [0.4, 0.5) is 4.39 Å². The molecule has 0 unspecified atom stereocenters. The third-order valence-electron chi connectivity index (χ3n) is 3.02. The first-order chi connectivity index (χ1) is 8.49. The molecule has 2 nitrogen and oxygen atoms in total. The summed E-state index contributed by atoms with van der Waals surface area (Å²) in [5.74, 6) is 1.06. The average Bonchev–Trinajstić information content (AvgIpc) is 2.78. The maximum atomic E-state index is 13.3. The molecule has 0 bridgehead atoms. The monoisotopic (exact) mass is 247 g/mol. The van der Waals surface area contributed by atoms with Crippen molar-refractivity contribution in [1.82, 2.24) is 5.16 Å². The van der Waals surface area contributed by atoms with Gasteiger partial charge in [-0.25, -0.2) is 4.39 Å². The van der Waals surface area contributed by atoms with Crippen molar-refractivity contribution in [3.63, 3.8) is 0 Å². The second-order valence-electron chi connectivity index (χ2n) is 5.16. The second kappa shape index (κ2) is 4.92. The van der Waals surface area contributed by atoms with E-state index in [1.54, 1.807) is 12.1 Å². The molecule has 0 atom stereocenters. The maximum Gasteiger partial charge on any atom is 0.167 e. The lowest BCUT2D eigenvalue weighted by Crippen LogP contribution is -1.93. The fraction of sp³-hybridized carbons (Fsp3) is 0.400. The summed E-state index contributed by atoms with van der Waals surface area (Å²) < 4.78 is 18.7. The van der Waals surface area contributed by atoms with Gasteiger partial charge in [0.15, 0.2) is 5.76 Å². The van der Waals surface area contributed by atoms with Gasteiger partial charge in [-0.2, -0.15) is 0 Å². The smallest absolute Gasteiger partial charge is 0.167 e. The maximum absolute atomic E-state index is 13.3. The lowest BCUT2D eigenvalue weighted by Gasteiger charge is -2.10. The Labute approximate surface area is 107 Å². The average molecular weight is 247 g/mol. The minimum absolute atomic E-state index is 0.217. The zero-order valence-corrected chi connectivity index (χ0v) is 11.2. The van der Waals surface area contributed by atoms with Gasteiger partial charge in [0, 0.05) is 11.6 Å². The molecule has 1 aromatic carbocycles. The molecule has 0 radical (unpaired) electrons. The van der Waals surface area contributed by atoms with Crippen LogP contribution >= 0.6 is 0 Å². The highest BCUT2D eigenvalue weighted by Gasteiger charge is 2.15. The molecule has 0 fully saturated rings. The van der Waals surface area contributed by atoms with E-state index in [1.807, 2.05) is 19.9 Å². The summed E-state index contributed by atoms with van der Waals surface area (Å²) in [4.78, 5) is 0. The molecule has 1 heterocycles. The van der Waals surface area contributed by atoms with Crippen molar-refractivity contribution in [3.8, 4) is 11.3 Å². The highest BCUT2D eigenvalue weighted by atomic mass is 19.1. The van der Waals surface area contributed by atoms with Gasteiger partial charge in [-0.05, 0) is 35.6 Å². The van der Waals surface area contributed by atoms with Gasteiger partial charge in [-0.1, -0.05) is 32.9 Å². The van der Waals surface area contributed by atoms with Gasteiger partial charge in [-0.3, -0.25) is 0 Å². The Kier molecular flexibility index (Phi) is 3.50. The van der Waals surface area contributed by atoms with E-state index < -0.39 is 0 Å². The van der Waals surface area contributed by atoms with Gasteiger partial charge in [0.1, 0.15) is 5.82 Å². The van der Waals surface area contributed by atoms with Crippen LogP contribution in [-0.4, -0.2) is 5.16 Å². The van der Waals surface area contributed by atoms with E-state index in [1.165, 1.54) is 6.07 Å². The van der Waals surface area contributed by atoms with E-state index in [9.17, 15) is 4.39 Å². The SMILES string of the molecule is CC(C)c1cc(-c2ccc(F)cc2C(C)C)on1. The molecule has 2 aromatic rings. The summed E-state index contributed by atoms with van der Waals surface area (Å²) in [6, 6.07) is 6.72. The molecule has 18 heavy (non-hydrogen) atoms. The Hall–Kier alpha value is -1.64. The summed E-state index contributed by atoms with van der Waals surface area (Å²) in [6.07, 6.45) is 0. The van der Waals surface area contributed by atoms with Crippen LogP contribution in [0.15, 0.2) is 28.8 Å². The first-order valence-corrected chi connectivity index (χ1v) is 6.25. The molecule has 3 heteroatoms. The lowest BCUT2D eigenvalue weighted by molar-refractivity contribution is 0.419. The van der Waals surface area contributed by atoms with Crippen LogP contribution in [-0.2, 0) is 0 Å². The predicted octanol–water partition coefficient (Wildman–Crippen LogP) is 4.73. The Morgan fingerprint density at radius 2 is 1.78 bits per heavy atom. The zero-order chi connectivity index (χ0) is 13.3. The summed E-state index contributed by atoms with van der Waals surface area (Å²) in [5, 5.41) is 4.05. The van der Waals surface area contributed by atoms with E-state index in [4.69, 9.17) is 4.52 Å². The van der Waals surface area contributed by atoms with Crippen LogP contribution in [0.1, 0.15) is 50.8 Å². The fourth-order valence-corrected chi connectivity index (χ4v) is 1.92. The third kappa shape index (κ3) is 2.45. The van der Waals surface area contributed by atoms with Crippen molar-refractivity contribution in [2.75, 3.05) is 0 Å². The minimum atomic E-state index is -0.217. The van der Waals surface area contributed by atoms with Crippen LogP contribution in [0.2, 0.25) is 0 Å². The van der Waals surface area contributed by atoms with Crippen LogP contribution in [0.3, 0.4) is 0 Å². The van der Waals surface area contributed by atoms with Gasteiger partial charge < -0.3 is 4.52 Å². The van der Waals surface area contributed by atoms with E-state index in [0.717, 1.165) is 16.8 Å². The first-order valence-electron chi connectivity index (χ1n) is 6.25. The Morgan fingerprint density at radius 3 is 2.33 bits per heavy atom.